The first-order chi connectivity index (χ1) is 9.69. The highest BCUT2D eigenvalue weighted by Gasteiger charge is 2.09. The van der Waals surface area contributed by atoms with Crippen molar-refractivity contribution in [3.63, 3.8) is 0 Å². The largest absolute Gasteiger partial charge is 0.382 e. The lowest BCUT2D eigenvalue weighted by Gasteiger charge is -2.09. The smallest absolute Gasteiger partial charge is 0.146 e. The van der Waals surface area contributed by atoms with E-state index < -0.39 is 0 Å². The number of hydrogen-bond acceptors (Lipinski definition) is 4. The number of nitrogens with two attached hydrogens (primary N) is 1. The van der Waals surface area contributed by atoms with Gasteiger partial charge in [0.2, 0.25) is 0 Å². The maximum Gasteiger partial charge on any atom is 0.146 e. The molecule has 0 fully saturated rings. The number of aryl methyl sites for hydroxylation is 1. The van der Waals surface area contributed by atoms with Crippen LogP contribution in [0.15, 0.2) is 36.7 Å². The molecule has 0 aliphatic carbocycles. The Bertz CT molecular complexity index is 786. The molecule has 5 heteroatoms. The van der Waals surface area contributed by atoms with Gasteiger partial charge in [0, 0.05) is 23.3 Å². The lowest BCUT2D eigenvalue weighted by molar-refractivity contribution is 1.09. The highest BCUT2D eigenvalue weighted by molar-refractivity contribution is 6.35. The number of hydrogen-bond donors (Lipinski definition) is 1. The fraction of sp³-hybridized carbons (Fsp3) is 0.133. The molecule has 0 bridgehead atoms. The molecular weight excluding hydrogens is 272 g/mol. The number of nitrogen functional groups attached to an aromatic ring is 1. The molecule has 0 spiro atoms. The van der Waals surface area contributed by atoms with Crippen molar-refractivity contribution in [3.05, 3.63) is 47.2 Å². The average Bonchev–Trinajstić information content (AvgIpc) is 2.46. The van der Waals surface area contributed by atoms with Crippen LogP contribution in [0.2, 0.25) is 5.02 Å². The molecule has 1 aromatic carbocycles. The second-order valence-electron chi connectivity index (χ2n) is 4.55. The summed E-state index contributed by atoms with van der Waals surface area (Å²) < 4.78 is 0. The number of nitrogens with zero attached hydrogens (tertiary/aromatic N) is 3. The Labute approximate surface area is 121 Å². The number of pyridine rings is 1. The lowest BCUT2D eigenvalue weighted by Crippen LogP contribution is -1.95. The van der Waals surface area contributed by atoms with Gasteiger partial charge in [-0.25, -0.2) is 0 Å². The van der Waals surface area contributed by atoms with E-state index in [9.17, 15) is 0 Å². The second-order valence-corrected chi connectivity index (χ2v) is 4.96. The molecule has 20 heavy (non-hydrogen) atoms. The first kappa shape index (κ1) is 12.8. The highest BCUT2D eigenvalue weighted by atomic mass is 35.5. The van der Waals surface area contributed by atoms with E-state index in [1.165, 1.54) is 5.56 Å². The molecule has 0 amide bonds. The van der Waals surface area contributed by atoms with Crippen LogP contribution < -0.4 is 5.73 Å². The number of rotatable bonds is 2. The Morgan fingerprint density at radius 3 is 2.85 bits per heavy atom. The molecule has 4 nitrogen and oxygen atoms in total. The number of fused-ring (bicyclic) bond motifs is 1. The third-order valence-corrected chi connectivity index (χ3v) is 3.55. The number of aromatic nitrogens is 3. The Morgan fingerprint density at radius 1 is 1.20 bits per heavy atom. The molecule has 0 aliphatic heterocycles. The van der Waals surface area contributed by atoms with Crippen LogP contribution in [0.5, 0.6) is 0 Å². The molecule has 2 heterocycles. The van der Waals surface area contributed by atoms with Crippen LogP contribution in [0, 0.1) is 0 Å². The van der Waals surface area contributed by atoms with Gasteiger partial charge in [-0.15, -0.1) is 10.2 Å². The summed E-state index contributed by atoms with van der Waals surface area (Å²) >= 11 is 6.30. The molecule has 2 aromatic heterocycles. The number of anilines is 1. The molecule has 0 saturated heterocycles. The van der Waals surface area contributed by atoms with Crippen molar-refractivity contribution in [2.75, 3.05) is 5.73 Å². The van der Waals surface area contributed by atoms with Gasteiger partial charge in [-0.3, -0.25) is 4.98 Å². The van der Waals surface area contributed by atoms with Crippen LogP contribution in [-0.2, 0) is 6.42 Å². The van der Waals surface area contributed by atoms with Crippen molar-refractivity contribution in [2.45, 2.75) is 13.3 Å². The fourth-order valence-electron chi connectivity index (χ4n) is 2.28. The minimum Gasteiger partial charge on any atom is -0.382 e. The van der Waals surface area contributed by atoms with Gasteiger partial charge in [-0.1, -0.05) is 18.5 Å². The minimum atomic E-state index is 0.382. The molecule has 0 saturated carbocycles. The van der Waals surface area contributed by atoms with Crippen molar-refractivity contribution >= 4 is 28.3 Å². The van der Waals surface area contributed by atoms with E-state index in [2.05, 4.69) is 22.1 Å². The fourth-order valence-corrected chi connectivity index (χ4v) is 2.54. The van der Waals surface area contributed by atoms with Gasteiger partial charge < -0.3 is 5.73 Å². The van der Waals surface area contributed by atoms with Gasteiger partial charge in [-0.2, -0.15) is 0 Å². The van der Waals surface area contributed by atoms with Crippen LogP contribution in [0.25, 0.3) is 22.0 Å². The summed E-state index contributed by atoms with van der Waals surface area (Å²) in [5, 5.41) is 9.32. The summed E-state index contributed by atoms with van der Waals surface area (Å²) in [6.07, 6.45) is 4.59. The maximum absolute atomic E-state index is 6.30. The Balaban J connectivity index is 2.26. The van der Waals surface area contributed by atoms with E-state index in [4.69, 9.17) is 17.3 Å². The van der Waals surface area contributed by atoms with Gasteiger partial charge >= 0.3 is 0 Å². The second kappa shape index (κ2) is 5.06. The van der Waals surface area contributed by atoms with Crippen molar-refractivity contribution in [1.82, 2.24) is 15.2 Å². The number of benzene rings is 1. The van der Waals surface area contributed by atoms with E-state index in [1.807, 2.05) is 24.4 Å². The molecule has 0 atom stereocenters. The molecule has 2 N–H and O–H groups in total. The molecule has 0 radical (unpaired) electrons. The normalized spacial score (nSPS) is 10.9. The molecule has 0 aliphatic rings. The summed E-state index contributed by atoms with van der Waals surface area (Å²) in [4.78, 5) is 4.20. The third kappa shape index (κ3) is 2.18. The first-order valence-electron chi connectivity index (χ1n) is 6.34. The van der Waals surface area contributed by atoms with E-state index in [1.54, 1.807) is 12.3 Å². The van der Waals surface area contributed by atoms with Crippen LogP contribution >= 0.6 is 11.6 Å². The zero-order valence-corrected chi connectivity index (χ0v) is 11.7. The number of halogens is 1. The van der Waals surface area contributed by atoms with Crippen LogP contribution in [0.1, 0.15) is 12.5 Å². The average molecular weight is 285 g/mol. The van der Waals surface area contributed by atoms with Crippen LogP contribution in [0.3, 0.4) is 0 Å². The highest BCUT2D eigenvalue weighted by Crippen LogP contribution is 2.31. The molecule has 100 valence electrons. The van der Waals surface area contributed by atoms with Gasteiger partial charge in [0.05, 0.1) is 5.02 Å². The molecule has 0 unspecified atom stereocenters. The van der Waals surface area contributed by atoms with Crippen LogP contribution in [-0.4, -0.2) is 15.2 Å². The van der Waals surface area contributed by atoms with Crippen molar-refractivity contribution in [1.29, 1.82) is 0 Å². The van der Waals surface area contributed by atoms with Crippen molar-refractivity contribution in [3.8, 4) is 11.1 Å². The molecule has 3 aromatic rings. The van der Waals surface area contributed by atoms with Gasteiger partial charge in [0.1, 0.15) is 11.3 Å². The summed E-state index contributed by atoms with van der Waals surface area (Å²) in [6, 6.07) is 7.71. The topological polar surface area (TPSA) is 64.7 Å². The predicted molar refractivity (Wildman–Crippen MR) is 81.6 cm³/mol. The van der Waals surface area contributed by atoms with E-state index in [0.717, 1.165) is 22.9 Å². The quantitative estimate of drug-likeness (QED) is 0.782. The monoisotopic (exact) mass is 284 g/mol. The summed E-state index contributed by atoms with van der Waals surface area (Å²) in [7, 11) is 0. The zero-order chi connectivity index (χ0) is 14.1. The zero-order valence-electron chi connectivity index (χ0n) is 11.0. The summed E-state index contributed by atoms with van der Waals surface area (Å²) in [5.74, 6) is 0.382. The summed E-state index contributed by atoms with van der Waals surface area (Å²) in [6.45, 7) is 2.12. The van der Waals surface area contributed by atoms with Crippen molar-refractivity contribution in [2.24, 2.45) is 0 Å². The van der Waals surface area contributed by atoms with E-state index in [-0.39, 0.29) is 0 Å². The van der Waals surface area contributed by atoms with E-state index >= 15 is 0 Å². The lowest BCUT2D eigenvalue weighted by atomic mass is 9.99. The first-order valence-corrected chi connectivity index (χ1v) is 6.72. The van der Waals surface area contributed by atoms with Crippen molar-refractivity contribution < 1.29 is 0 Å². The Morgan fingerprint density at radius 2 is 2.05 bits per heavy atom. The minimum absolute atomic E-state index is 0.382. The Hall–Kier alpha value is -2.20. The summed E-state index contributed by atoms with van der Waals surface area (Å²) in [5.41, 5.74) is 9.67. The SMILES string of the molecule is CCc1ccncc1-c1cc(Cl)c2nnc(N)cc2c1. The molecule has 3 rings (SSSR count). The predicted octanol–water partition coefficient (Wildman–Crippen LogP) is 3.49. The third-order valence-electron chi connectivity index (χ3n) is 3.27. The Kier molecular flexibility index (Phi) is 3.24. The van der Waals surface area contributed by atoms with Gasteiger partial charge in [0.15, 0.2) is 0 Å². The molecular formula is C15H13ClN4. The van der Waals surface area contributed by atoms with E-state index in [0.29, 0.717) is 16.4 Å². The van der Waals surface area contributed by atoms with Gasteiger partial charge in [0.25, 0.3) is 0 Å². The standard InChI is InChI=1S/C15H13ClN4/c1-2-9-3-4-18-8-12(9)10-5-11-7-14(17)19-20-15(11)13(16)6-10/h3-8H,2H2,1H3,(H2,17,19). The maximum atomic E-state index is 6.30. The van der Waals surface area contributed by atoms with Gasteiger partial charge in [-0.05, 0) is 41.8 Å². The van der Waals surface area contributed by atoms with Crippen LogP contribution in [0.4, 0.5) is 5.82 Å².